The first-order chi connectivity index (χ1) is 5.61. The normalized spacial score (nSPS) is 10.3. The molecule has 0 fully saturated rings. The molecule has 0 heterocycles. The van der Waals surface area contributed by atoms with Crippen molar-refractivity contribution >= 4 is 29.2 Å². The number of carbonyl (C=O) groups excluding carboxylic acids is 1. The summed E-state index contributed by atoms with van der Waals surface area (Å²) in [6.07, 6.45) is 0. The van der Waals surface area contributed by atoms with Gasteiger partial charge in [-0.15, -0.1) is 23.2 Å². The number of hydrogen-bond donors (Lipinski definition) is 0. The molecule has 64 valence electrons. The molecule has 1 nitrogen and oxygen atoms in total. The van der Waals surface area contributed by atoms with Gasteiger partial charge in [-0.3, -0.25) is 4.79 Å². The topological polar surface area (TPSA) is 17.1 Å². The van der Waals surface area contributed by atoms with Crippen LogP contribution in [0, 0.1) is 0 Å². The summed E-state index contributed by atoms with van der Waals surface area (Å²) in [4.78, 5) is 9.55. The Bertz CT molecular complexity index is 282. The molecule has 0 aliphatic carbocycles. The molecular formula is C8H5Cl2FO. The van der Waals surface area contributed by atoms with Crippen molar-refractivity contribution in [2.45, 2.75) is 4.84 Å². The summed E-state index contributed by atoms with van der Waals surface area (Å²) < 4.78 is 12.1. The highest BCUT2D eigenvalue weighted by atomic mass is 35.5. The molecule has 0 radical (unpaired) electrons. The number of carbonyl (C=O) groups is 1. The van der Waals surface area contributed by atoms with E-state index in [1.165, 1.54) is 24.3 Å². The molecule has 0 atom stereocenters. The Morgan fingerprint density at radius 3 is 2.08 bits per heavy atom. The Balaban J connectivity index is 2.93. The minimum Gasteiger partial charge on any atom is -0.255 e. The maximum absolute atomic E-state index is 12.1. The smallest absolute Gasteiger partial charge is 0.255 e. The summed E-state index contributed by atoms with van der Waals surface area (Å²) in [5.41, 5.74) is 0.649. The maximum Gasteiger partial charge on any atom is 0.332 e. The lowest BCUT2D eigenvalue weighted by Crippen LogP contribution is -1.90. The van der Waals surface area contributed by atoms with Crippen LogP contribution in [0.25, 0.3) is 0 Å². The van der Waals surface area contributed by atoms with Gasteiger partial charge in [-0.2, -0.15) is 4.39 Å². The second kappa shape index (κ2) is 3.87. The van der Waals surface area contributed by atoms with Crippen molar-refractivity contribution in [1.82, 2.24) is 0 Å². The van der Waals surface area contributed by atoms with Gasteiger partial charge < -0.3 is 0 Å². The zero-order chi connectivity index (χ0) is 9.14. The van der Waals surface area contributed by atoms with Crippen LogP contribution in [0.5, 0.6) is 0 Å². The Labute approximate surface area is 79.1 Å². The van der Waals surface area contributed by atoms with E-state index in [0.29, 0.717) is 5.56 Å². The summed E-state index contributed by atoms with van der Waals surface area (Å²) in [5, 5.41) is 0. The number of rotatable bonds is 2. The number of hydrogen-bond acceptors (Lipinski definition) is 1. The predicted octanol–water partition coefficient (Wildman–Crippen LogP) is 3.27. The van der Waals surface area contributed by atoms with E-state index in [0.717, 1.165) is 0 Å². The molecule has 0 spiro atoms. The molecule has 0 amide bonds. The zero-order valence-electron chi connectivity index (χ0n) is 5.93. The molecular weight excluding hydrogens is 202 g/mol. The van der Waals surface area contributed by atoms with Crippen LogP contribution >= 0.6 is 23.2 Å². The van der Waals surface area contributed by atoms with Gasteiger partial charge in [-0.1, -0.05) is 12.1 Å². The highest BCUT2D eigenvalue weighted by Crippen LogP contribution is 2.24. The van der Waals surface area contributed by atoms with Gasteiger partial charge in [0.15, 0.2) is 0 Å². The molecule has 0 unspecified atom stereocenters. The van der Waals surface area contributed by atoms with Gasteiger partial charge in [0.25, 0.3) is 0 Å². The standard InChI is InChI=1S/C8H5Cl2FO/c9-7(10)5-1-3-6(4-2-5)8(11)12/h1-4,7H. The van der Waals surface area contributed by atoms with Crippen molar-refractivity contribution in [2.75, 3.05) is 0 Å². The third kappa shape index (κ3) is 2.19. The number of benzene rings is 1. The molecule has 0 aliphatic rings. The summed E-state index contributed by atoms with van der Waals surface area (Å²) in [7, 11) is 0. The van der Waals surface area contributed by atoms with Crippen LogP contribution in [0.4, 0.5) is 4.39 Å². The molecule has 0 aliphatic heterocycles. The first-order valence-corrected chi connectivity index (χ1v) is 4.06. The van der Waals surface area contributed by atoms with E-state index < -0.39 is 10.9 Å². The van der Waals surface area contributed by atoms with Crippen molar-refractivity contribution in [1.29, 1.82) is 0 Å². The Morgan fingerprint density at radius 1 is 1.25 bits per heavy atom. The van der Waals surface area contributed by atoms with Crippen molar-refractivity contribution in [2.24, 2.45) is 0 Å². The molecule has 0 saturated heterocycles. The second-order valence-electron chi connectivity index (χ2n) is 2.20. The van der Waals surface area contributed by atoms with Gasteiger partial charge in [0.1, 0.15) is 4.84 Å². The minimum absolute atomic E-state index is 0.00716. The lowest BCUT2D eigenvalue weighted by molar-refractivity contribution is 0.0836. The first-order valence-electron chi connectivity index (χ1n) is 3.19. The monoisotopic (exact) mass is 206 g/mol. The van der Waals surface area contributed by atoms with E-state index in [9.17, 15) is 9.18 Å². The van der Waals surface area contributed by atoms with Gasteiger partial charge in [0.05, 0.1) is 5.56 Å². The van der Waals surface area contributed by atoms with E-state index in [-0.39, 0.29) is 5.56 Å². The van der Waals surface area contributed by atoms with Crippen molar-refractivity contribution in [3.63, 3.8) is 0 Å². The van der Waals surface area contributed by atoms with Crippen LogP contribution in [0.1, 0.15) is 20.8 Å². The highest BCUT2D eigenvalue weighted by molar-refractivity contribution is 6.44. The van der Waals surface area contributed by atoms with Crippen LogP contribution in [0.2, 0.25) is 0 Å². The molecule has 0 saturated carbocycles. The van der Waals surface area contributed by atoms with Crippen LogP contribution in [-0.4, -0.2) is 6.04 Å². The molecule has 1 aromatic rings. The van der Waals surface area contributed by atoms with Crippen molar-refractivity contribution in [3.05, 3.63) is 35.4 Å². The average molecular weight is 207 g/mol. The summed E-state index contributed by atoms with van der Waals surface area (Å²) >= 11 is 11.0. The SMILES string of the molecule is O=C(F)c1ccc(C(Cl)Cl)cc1. The first kappa shape index (κ1) is 9.49. The van der Waals surface area contributed by atoms with Gasteiger partial charge in [0.2, 0.25) is 0 Å². The average Bonchev–Trinajstić information content (AvgIpc) is 2.04. The Hall–Kier alpha value is -0.600. The highest BCUT2D eigenvalue weighted by Gasteiger charge is 2.05. The minimum atomic E-state index is -1.46. The molecule has 0 bridgehead atoms. The van der Waals surface area contributed by atoms with Gasteiger partial charge in [-0.05, 0) is 17.7 Å². The number of halogens is 3. The molecule has 0 aromatic heterocycles. The third-order valence-corrected chi connectivity index (χ3v) is 1.89. The summed E-state index contributed by atoms with van der Waals surface area (Å²) in [6, 6.07) is 4.25. The Morgan fingerprint density at radius 2 is 1.75 bits per heavy atom. The second-order valence-corrected chi connectivity index (χ2v) is 3.29. The molecule has 4 heteroatoms. The van der Waals surface area contributed by atoms with Gasteiger partial charge in [0, 0.05) is 0 Å². The molecule has 12 heavy (non-hydrogen) atoms. The number of alkyl halides is 2. The summed E-state index contributed by atoms with van der Waals surface area (Å²) in [6.45, 7) is 0. The fourth-order valence-electron chi connectivity index (χ4n) is 0.760. The van der Waals surface area contributed by atoms with Crippen LogP contribution in [0.3, 0.4) is 0 Å². The fourth-order valence-corrected chi connectivity index (χ4v) is 1.05. The van der Waals surface area contributed by atoms with E-state index in [4.69, 9.17) is 23.2 Å². The van der Waals surface area contributed by atoms with Gasteiger partial charge in [-0.25, -0.2) is 0 Å². The summed E-state index contributed by atoms with van der Waals surface area (Å²) in [5.74, 6) is 0. The molecule has 0 N–H and O–H groups in total. The van der Waals surface area contributed by atoms with E-state index >= 15 is 0 Å². The lowest BCUT2D eigenvalue weighted by atomic mass is 10.2. The Kier molecular flexibility index (Phi) is 3.06. The quantitative estimate of drug-likeness (QED) is 0.537. The van der Waals surface area contributed by atoms with Crippen molar-refractivity contribution < 1.29 is 9.18 Å². The van der Waals surface area contributed by atoms with E-state index in [1.54, 1.807) is 0 Å². The van der Waals surface area contributed by atoms with E-state index in [1.807, 2.05) is 0 Å². The third-order valence-electron chi connectivity index (χ3n) is 1.39. The predicted molar refractivity (Wildman–Crippen MR) is 46.3 cm³/mol. The largest absolute Gasteiger partial charge is 0.332 e. The fraction of sp³-hybridized carbons (Fsp3) is 0.125. The molecule has 1 rings (SSSR count). The maximum atomic E-state index is 12.1. The van der Waals surface area contributed by atoms with Crippen molar-refractivity contribution in [3.8, 4) is 0 Å². The zero-order valence-corrected chi connectivity index (χ0v) is 7.44. The van der Waals surface area contributed by atoms with Crippen LogP contribution < -0.4 is 0 Å². The van der Waals surface area contributed by atoms with Crippen LogP contribution in [-0.2, 0) is 0 Å². The van der Waals surface area contributed by atoms with Gasteiger partial charge >= 0.3 is 6.04 Å². The van der Waals surface area contributed by atoms with Crippen LogP contribution in [0.15, 0.2) is 24.3 Å². The molecule has 1 aromatic carbocycles. The lowest BCUT2D eigenvalue weighted by Gasteiger charge is -2.00. The van der Waals surface area contributed by atoms with E-state index in [2.05, 4.69) is 0 Å².